The molecule has 1 aromatic carbocycles. The van der Waals surface area contributed by atoms with E-state index in [1.54, 1.807) is 29.2 Å². The number of carbonyl (C=O) groups excluding carboxylic acids is 3. The molecular formula is C21H20ClN5O4. The van der Waals surface area contributed by atoms with Crippen LogP contribution in [0.15, 0.2) is 43.1 Å². The van der Waals surface area contributed by atoms with Crippen molar-refractivity contribution in [3.05, 3.63) is 53.7 Å². The number of pyridine rings is 1. The molecule has 1 fully saturated rings. The lowest BCUT2D eigenvalue weighted by Crippen LogP contribution is -2.55. The lowest BCUT2D eigenvalue weighted by Gasteiger charge is -2.35. The van der Waals surface area contributed by atoms with Crippen molar-refractivity contribution in [3.8, 4) is 5.75 Å². The summed E-state index contributed by atoms with van der Waals surface area (Å²) in [5.41, 5.74) is 0.402. The van der Waals surface area contributed by atoms with Crippen molar-refractivity contribution in [2.45, 2.75) is 12.0 Å². The van der Waals surface area contributed by atoms with Crippen molar-refractivity contribution in [1.29, 1.82) is 0 Å². The minimum atomic E-state index is -0.994. The first kappa shape index (κ1) is 20.7. The summed E-state index contributed by atoms with van der Waals surface area (Å²) in [7, 11) is 1.46. The largest absolute Gasteiger partial charge is 0.493 e. The molecule has 1 aromatic heterocycles. The SMILES string of the molecule is C=CC(=O)Nc1ccc(C(=O)N2CCC3(C2)Nc2ncc(Cl)c(OC)c2NC3=O)cc1. The number of ether oxygens (including phenoxy) is 1. The number of benzene rings is 1. The molecule has 0 radical (unpaired) electrons. The van der Waals surface area contributed by atoms with Crippen LogP contribution in [-0.4, -0.2) is 53.3 Å². The minimum Gasteiger partial charge on any atom is -0.493 e. The van der Waals surface area contributed by atoms with E-state index in [9.17, 15) is 14.4 Å². The Bertz CT molecular complexity index is 1090. The molecule has 0 bridgehead atoms. The van der Waals surface area contributed by atoms with E-state index >= 15 is 0 Å². The second-order valence-electron chi connectivity index (χ2n) is 7.27. The Morgan fingerprint density at radius 2 is 2.10 bits per heavy atom. The van der Waals surface area contributed by atoms with Crippen molar-refractivity contribution in [3.63, 3.8) is 0 Å². The van der Waals surface area contributed by atoms with Crippen LogP contribution in [0.1, 0.15) is 16.8 Å². The van der Waals surface area contributed by atoms with E-state index in [-0.39, 0.29) is 29.3 Å². The Morgan fingerprint density at radius 1 is 1.35 bits per heavy atom. The molecule has 9 nitrogen and oxygen atoms in total. The summed E-state index contributed by atoms with van der Waals surface area (Å²) in [6.07, 6.45) is 3.04. The van der Waals surface area contributed by atoms with Gasteiger partial charge in [-0.2, -0.15) is 0 Å². The molecule has 160 valence electrons. The molecule has 2 aromatic rings. The summed E-state index contributed by atoms with van der Waals surface area (Å²) < 4.78 is 5.28. The van der Waals surface area contributed by atoms with Crippen LogP contribution in [0.4, 0.5) is 17.2 Å². The summed E-state index contributed by atoms with van der Waals surface area (Å²) >= 11 is 6.09. The number of nitrogens with one attached hydrogen (secondary N) is 3. The van der Waals surface area contributed by atoms with Gasteiger partial charge in [-0.15, -0.1) is 0 Å². The molecule has 3 amide bonds. The smallest absolute Gasteiger partial charge is 0.253 e. The van der Waals surface area contributed by atoms with E-state index in [0.717, 1.165) is 0 Å². The topological polar surface area (TPSA) is 113 Å². The van der Waals surface area contributed by atoms with Gasteiger partial charge in [0.2, 0.25) is 5.91 Å². The van der Waals surface area contributed by atoms with E-state index in [1.807, 2.05) is 0 Å². The van der Waals surface area contributed by atoms with Gasteiger partial charge in [0, 0.05) is 17.8 Å². The fourth-order valence-electron chi connectivity index (χ4n) is 3.74. The first-order chi connectivity index (χ1) is 14.9. The maximum Gasteiger partial charge on any atom is 0.253 e. The molecule has 2 aliphatic heterocycles. The molecule has 2 aliphatic rings. The van der Waals surface area contributed by atoms with Crippen molar-refractivity contribution in [2.24, 2.45) is 0 Å². The van der Waals surface area contributed by atoms with E-state index in [0.29, 0.717) is 41.5 Å². The fraction of sp³-hybridized carbons (Fsp3) is 0.238. The molecule has 1 spiro atoms. The van der Waals surface area contributed by atoms with Crippen LogP contribution in [0.25, 0.3) is 0 Å². The van der Waals surface area contributed by atoms with Gasteiger partial charge in [-0.25, -0.2) is 4.98 Å². The Hall–Kier alpha value is -3.59. The normalized spacial score (nSPS) is 19.3. The van der Waals surface area contributed by atoms with Gasteiger partial charge in [0.05, 0.1) is 19.9 Å². The summed E-state index contributed by atoms with van der Waals surface area (Å²) in [6, 6.07) is 6.54. The van der Waals surface area contributed by atoms with Crippen LogP contribution < -0.4 is 20.7 Å². The average molecular weight is 442 g/mol. The molecule has 1 atom stereocenters. The minimum absolute atomic E-state index is 0.179. The summed E-state index contributed by atoms with van der Waals surface area (Å²) in [4.78, 5) is 43.2. The van der Waals surface area contributed by atoms with Crippen molar-refractivity contribution < 1.29 is 19.1 Å². The molecule has 0 aliphatic carbocycles. The number of aromatic nitrogens is 1. The highest BCUT2D eigenvalue weighted by atomic mass is 35.5. The number of carbonyl (C=O) groups is 3. The van der Waals surface area contributed by atoms with E-state index in [1.165, 1.54) is 19.4 Å². The number of likely N-dealkylation sites (tertiary alicyclic amines) is 1. The number of rotatable bonds is 4. The number of halogens is 1. The number of anilines is 3. The molecule has 3 heterocycles. The molecule has 0 saturated carbocycles. The van der Waals surface area contributed by atoms with Crippen molar-refractivity contribution in [1.82, 2.24) is 9.88 Å². The number of hydrogen-bond donors (Lipinski definition) is 3. The number of hydrogen-bond acceptors (Lipinski definition) is 6. The third-order valence-corrected chi connectivity index (χ3v) is 5.63. The van der Waals surface area contributed by atoms with E-state index in [2.05, 4.69) is 27.5 Å². The Labute approximate surface area is 183 Å². The van der Waals surface area contributed by atoms with Gasteiger partial charge < -0.3 is 25.6 Å². The second-order valence-corrected chi connectivity index (χ2v) is 7.68. The highest BCUT2D eigenvalue weighted by Crippen LogP contribution is 2.43. The van der Waals surface area contributed by atoms with Gasteiger partial charge in [-0.3, -0.25) is 14.4 Å². The molecule has 3 N–H and O–H groups in total. The maximum atomic E-state index is 13.0. The number of methoxy groups -OCH3 is 1. The first-order valence-electron chi connectivity index (χ1n) is 9.52. The Kier molecular flexibility index (Phi) is 5.28. The highest BCUT2D eigenvalue weighted by molar-refractivity contribution is 6.33. The lowest BCUT2D eigenvalue weighted by molar-refractivity contribution is -0.120. The molecule has 31 heavy (non-hydrogen) atoms. The Morgan fingerprint density at radius 3 is 2.77 bits per heavy atom. The zero-order valence-electron chi connectivity index (χ0n) is 16.7. The van der Waals surface area contributed by atoms with Gasteiger partial charge in [0.1, 0.15) is 16.2 Å². The van der Waals surface area contributed by atoms with Gasteiger partial charge >= 0.3 is 0 Å². The van der Waals surface area contributed by atoms with Crippen LogP contribution >= 0.6 is 11.6 Å². The fourth-order valence-corrected chi connectivity index (χ4v) is 3.96. The molecule has 10 heteroatoms. The van der Waals surface area contributed by atoms with Gasteiger partial charge in [-0.1, -0.05) is 18.2 Å². The zero-order valence-corrected chi connectivity index (χ0v) is 17.5. The van der Waals surface area contributed by atoms with Crippen LogP contribution in [0, 0.1) is 0 Å². The third-order valence-electron chi connectivity index (χ3n) is 5.36. The van der Waals surface area contributed by atoms with Crippen LogP contribution in [-0.2, 0) is 9.59 Å². The third kappa shape index (κ3) is 3.68. The van der Waals surface area contributed by atoms with Gasteiger partial charge in [0.25, 0.3) is 11.8 Å². The van der Waals surface area contributed by atoms with E-state index in [4.69, 9.17) is 16.3 Å². The second kappa shape index (κ2) is 7.92. The predicted molar refractivity (Wildman–Crippen MR) is 117 cm³/mol. The maximum absolute atomic E-state index is 13.0. The summed E-state index contributed by atoms with van der Waals surface area (Å²) in [6.45, 7) is 3.98. The van der Waals surface area contributed by atoms with Crippen LogP contribution in [0.5, 0.6) is 5.75 Å². The van der Waals surface area contributed by atoms with E-state index < -0.39 is 5.54 Å². The van der Waals surface area contributed by atoms with Crippen LogP contribution in [0.3, 0.4) is 0 Å². The molecule has 1 saturated heterocycles. The molecule has 1 unspecified atom stereocenters. The number of amides is 3. The zero-order chi connectivity index (χ0) is 22.2. The first-order valence-corrected chi connectivity index (χ1v) is 9.89. The number of fused-ring (bicyclic) bond motifs is 1. The predicted octanol–water partition coefficient (Wildman–Crippen LogP) is 2.52. The standard InChI is InChI=1S/C21H20ClN5O4/c1-3-15(28)24-13-6-4-12(5-7-13)19(29)27-9-8-21(11-27)20(30)25-16-17(31-2)14(22)10-23-18(16)26-21/h3-7,10H,1,8-9,11H2,2H3,(H,23,26)(H,24,28)(H,25,30). The molecule has 4 rings (SSSR count). The Balaban J connectivity index is 1.51. The van der Waals surface area contributed by atoms with Gasteiger partial charge in [0.15, 0.2) is 11.6 Å². The van der Waals surface area contributed by atoms with Gasteiger partial charge in [-0.05, 0) is 36.8 Å². The van der Waals surface area contributed by atoms with Crippen LogP contribution in [0.2, 0.25) is 5.02 Å². The number of nitrogens with zero attached hydrogens (tertiary/aromatic N) is 2. The van der Waals surface area contributed by atoms with Crippen molar-refractivity contribution in [2.75, 3.05) is 36.1 Å². The quantitative estimate of drug-likeness (QED) is 0.628. The summed E-state index contributed by atoms with van der Waals surface area (Å²) in [5.74, 6) is -0.0446. The van der Waals surface area contributed by atoms with Crippen molar-refractivity contribution >= 4 is 46.5 Å². The lowest BCUT2D eigenvalue weighted by atomic mass is 9.95. The summed E-state index contributed by atoms with van der Waals surface area (Å²) in [5, 5.41) is 8.93. The monoisotopic (exact) mass is 441 g/mol. The highest BCUT2D eigenvalue weighted by Gasteiger charge is 2.49. The average Bonchev–Trinajstić information content (AvgIpc) is 3.20. The molecular weight excluding hydrogens is 422 g/mol.